The second-order valence-electron chi connectivity index (χ2n) is 1.66. The predicted molar refractivity (Wildman–Crippen MR) is 44.8 cm³/mol. The van der Waals surface area contributed by atoms with Crippen LogP contribution in [-0.4, -0.2) is 4.98 Å². The first kappa shape index (κ1) is 6.95. The Balaban J connectivity index is 2.94. The number of hydrogen-bond acceptors (Lipinski definition) is 2. The molecule has 0 aliphatic carbocycles. The van der Waals surface area contributed by atoms with E-state index in [9.17, 15) is 0 Å². The number of nitrogens with two attached hydrogens (primary N) is 1. The van der Waals surface area contributed by atoms with Gasteiger partial charge < -0.3 is 5.73 Å². The summed E-state index contributed by atoms with van der Waals surface area (Å²) in [5.41, 5.74) is 6.30. The van der Waals surface area contributed by atoms with Crippen molar-refractivity contribution in [2.75, 3.05) is 0 Å². The lowest BCUT2D eigenvalue weighted by Gasteiger charge is -1.93. The Hall–Kier alpha value is -0.160. The Morgan fingerprint density at radius 2 is 2.33 bits per heavy atom. The van der Waals surface area contributed by atoms with Crippen LogP contribution in [0.15, 0.2) is 18.2 Å². The molecular weight excluding hydrogens is 227 g/mol. The van der Waals surface area contributed by atoms with Gasteiger partial charge in [0, 0.05) is 6.54 Å². The summed E-state index contributed by atoms with van der Waals surface area (Å²) in [6.45, 7) is 0.525. The summed E-state index contributed by atoms with van der Waals surface area (Å²) < 4.78 is 0.996. The van der Waals surface area contributed by atoms with Crippen LogP contribution < -0.4 is 5.73 Å². The van der Waals surface area contributed by atoms with E-state index in [-0.39, 0.29) is 0 Å². The molecule has 0 unspecified atom stereocenters. The van der Waals surface area contributed by atoms with E-state index in [2.05, 4.69) is 27.6 Å². The summed E-state index contributed by atoms with van der Waals surface area (Å²) in [6, 6.07) is 5.82. The maximum atomic E-state index is 5.35. The van der Waals surface area contributed by atoms with E-state index in [1.165, 1.54) is 0 Å². The molecule has 1 rings (SSSR count). The summed E-state index contributed by atoms with van der Waals surface area (Å²) in [4.78, 5) is 4.15. The van der Waals surface area contributed by atoms with E-state index in [1.807, 2.05) is 18.2 Å². The molecule has 1 aromatic rings. The van der Waals surface area contributed by atoms with Crippen molar-refractivity contribution in [1.82, 2.24) is 4.98 Å². The minimum atomic E-state index is 0.525. The Bertz CT molecular complexity index is 200. The fourth-order valence-electron chi connectivity index (χ4n) is 0.564. The first-order chi connectivity index (χ1) is 4.33. The van der Waals surface area contributed by atoms with Gasteiger partial charge in [-0.25, -0.2) is 4.98 Å². The SMILES string of the molecule is NCc1cccc(I)n1. The van der Waals surface area contributed by atoms with Gasteiger partial charge in [-0.2, -0.15) is 0 Å². The van der Waals surface area contributed by atoms with Gasteiger partial charge in [0.25, 0.3) is 0 Å². The molecule has 0 bridgehead atoms. The van der Waals surface area contributed by atoms with Crippen molar-refractivity contribution in [3.05, 3.63) is 27.6 Å². The Kier molecular flexibility index (Phi) is 2.41. The molecule has 2 nitrogen and oxygen atoms in total. The van der Waals surface area contributed by atoms with Crippen LogP contribution in [0.25, 0.3) is 0 Å². The molecular formula is C6H7IN2. The van der Waals surface area contributed by atoms with Gasteiger partial charge in [-0.1, -0.05) is 6.07 Å². The minimum absolute atomic E-state index is 0.525. The van der Waals surface area contributed by atoms with Gasteiger partial charge >= 0.3 is 0 Å². The monoisotopic (exact) mass is 234 g/mol. The number of aromatic nitrogens is 1. The molecule has 3 heteroatoms. The first-order valence-electron chi connectivity index (χ1n) is 2.64. The molecule has 0 saturated heterocycles. The largest absolute Gasteiger partial charge is 0.325 e. The fraction of sp³-hybridized carbons (Fsp3) is 0.167. The van der Waals surface area contributed by atoms with Crippen LogP contribution in [0.1, 0.15) is 5.69 Å². The van der Waals surface area contributed by atoms with Crippen LogP contribution in [0.3, 0.4) is 0 Å². The quantitative estimate of drug-likeness (QED) is 0.584. The van der Waals surface area contributed by atoms with Gasteiger partial charge in [-0.3, -0.25) is 0 Å². The fourth-order valence-corrected chi connectivity index (χ4v) is 1.08. The highest BCUT2D eigenvalue weighted by atomic mass is 127. The summed E-state index contributed by atoms with van der Waals surface area (Å²) in [6.07, 6.45) is 0. The van der Waals surface area contributed by atoms with E-state index in [0.717, 1.165) is 9.39 Å². The van der Waals surface area contributed by atoms with Gasteiger partial charge in [-0.05, 0) is 34.7 Å². The molecule has 0 aliphatic heterocycles. The van der Waals surface area contributed by atoms with Crippen molar-refractivity contribution in [2.24, 2.45) is 5.73 Å². The Morgan fingerprint density at radius 3 is 2.78 bits per heavy atom. The van der Waals surface area contributed by atoms with Gasteiger partial charge in [0.15, 0.2) is 0 Å². The Morgan fingerprint density at radius 1 is 1.56 bits per heavy atom. The number of halogens is 1. The van der Waals surface area contributed by atoms with E-state index in [4.69, 9.17) is 5.73 Å². The maximum absolute atomic E-state index is 5.35. The number of nitrogens with zero attached hydrogens (tertiary/aromatic N) is 1. The standard InChI is InChI=1S/C6H7IN2/c7-6-3-1-2-5(4-8)9-6/h1-3H,4,8H2. The molecule has 0 fully saturated rings. The van der Waals surface area contributed by atoms with Crippen LogP contribution in [0.2, 0.25) is 0 Å². The molecule has 0 saturated carbocycles. The molecule has 0 amide bonds. The van der Waals surface area contributed by atoms with Crippen LogP contribution in [-0.2, 0) is 6.54 Å². The highest BCUT2D eigenvalue weighted by molar-refractivity contribution is 14.1. The molecule has 0 aromatic carbocycles. The van der Waals surface area contributed by atoms with Crippen LogP contribution in [0.4, 0.5) is 0 Å². The topological polar surface area (TPSA) is 38.9 Å². The lowest BCUT2D eigenvalue weighted by atomic mass is 10.4. The van der Waals surface area contributed by atoms with Crippen molar-refractivity contribution in [3.63, 3.8) is 0 Å². The third-order valence-electron chi connectivity index (χ3n) is 0.982. The minimum Gasteiger partial charge on any atom is -0.325 e. The van der Waals surface area contributed by atoms with Gasteiger partial charge in [0.1, 0.15) is 3.70 Å². The molecule has 0 atom stereocenters. The second kappa shape index (κ2) is 3.12. The highest BCUT2D eigenvalue weighted by Crippen LogP contribution is 2.00. The first-order valence-corrected chi connectivity index (χ1v) is 3.72. The number of hydrogen-bond donors (Lipinski definition) is 1. The van der Waals surface area contributed by atoms with Crippen LogP contribution in [0.5, 0.6) is 0 Å². The van der Waals surface area contributed by atoms with Crippen molar-refractivity contribution in [2.45, 2.75) is 6.54 Å². The van der Waals surface area contributed by atoms with E-state index in [0.29, 0.717) is 6.54 Å². The van der Waals surface area contributed by atoms with E-state index >= 15 is 0 Å². The molecule has 1 heterocycles. The molecule has 9 heavy (non-hydrogen) atoms. The molecule has 0 spiro atoms. The van der Waals surface area contributed by atoms with Crippen molar-refractivity contribution in [1.29, 1.82) is 0 Å². The summed E-state index contributed by atoms with van der Waals surface area (Å²) in [5.74, 6) is 0. The Labute approximate surface area is 67.6 Å². The molecule has 0 radical (unpaired) electrons. The van der Waals surface area contributed by atoms with Gasteiger partial charge in [-0.15, -0.1) is 0 Å². The summed E-state index contributed by atoms with van der Waals surface area (Å²) in [5, 5.41) is 0. The second-order valence-corrected chi connectivity index (χ2v) is 2.76. The summed E-state index contributed by atoms with van der Waals surface area (Å²) in [7, 11) is 0. The highest BCUT2D eigenvalue weighted by Gasteiger charge is 1.88. The zero-order chi connectivity index (χ0) is 6.69. The predicted octanol–water partition coefficient (Wildman–Crippen LogP) is 1.14. The van der Waals surface area contributed by atoms with Gasteiger partial charge in [0.2, 0.25) is 0 Å². The maximum Gasteiger partial charge on any atom is 0.101 e. The van der Waals surface area contributed by atoms with Crippen molar-refractivity contribution >= 4 is 22.6 Å². The number of rotatable bonds is 1. The average Bonchev–Trinajstić information content (AvgIpc) is 1.88. The molecule has 0 aliphatic rings. The molecule has 1 aromatic heterocycles. The lowest BCUT2D eigenvalue weighted by Crippen LogP contribution is -1.99. The third-order valence-corrected chi connectivity index (χ3v) is 1.58. The van der Waals surface area contributed by atoms with Gasteiger partial charge in [0.05, 0.1) is 5.69 Å². The summed E-state index contributed by atoms with van der Waals surface area (Å²) >= 11 is 2.16. The smallest absolute Gasteiger partial charge is 0.101 e. The average molecular weight is 234 g/mol. The van der Waals surface area contributed by atoms with E-state index < -0.39 is 0 Å². The van der Waals surface area contributed by atoms with Crippen molar-refractivity contribution in [3.8, 4) is 0 Å². The number of pyridine rings is 1. The molecule has 48 valence electrons. The zero-order valence-corrected chi connectivity index (χ0v) is 7.00. The zero-order valence-electron chi connectivity index (χ0n) is 4.84. The van der Waals surface area contributed by atoms with Crippen LogP contribution in [0, 0.1) is 3.70 Å². The van der Waals surface area contributed by atoms with E-state index in [1.54, 1.807) is 0 Å². The lowest BCUT2D eigenvalue weighted by molar-refractivity contribution is 0.979. The van der Waals surface area contributed by atoms with Crippen molar-refractivity contribution < 1.29 is 0 Å². The normalized spacial score (nSPS) is 9.56. The van der Waals surface area contributed by atoms with Crippen LogP contribution >= 0.6 is 22.6 Å². The molecule has 2 N–H and O–H groups in total. The third kappa shape index (κ3) is 1.91.